The van der Waals surface area contributed by atoms with E-state index in [2.05, 4.69) is 20.4 Å². The van der Waals surface area contributed by atoms with Crippen LogP contribution in [0.25, 0.3) is 11.0 Å². The zero-order chi connectivity index (χ0) is 16.9. The lowest BCUT2D eigenvalue weighted by atomic mass is 10.3. The van der Waals surface area contributed by atoms with E-state index in [-0.39, 0.29) is 18.0 Å². The second kappa shape index (κ2) is 6.90. The van der Waals surface area contributed by atoms with Gasteiger partial charge in [-0.15, -0.1) is 5.10 Å². The number of carbonyl (C=O) groups excluding carboxylic acids is 1. The molecule has 2 aromatic carbocycles. The van der Waals surface area contributed by atoms with Crippen molar-refractivity contribution in [2.75, 3.05) is 11.9 Å². The van der Waals surface area contributed by atoms with Crippen LogP contribution >= 0.6 is 0 Å². The molecule has 0 bridgehead atoms. The van der Waals surface area contributed by atoms with Gasteiger partial charge in [0.2, 0.25) is 0 Å². The van der Waals surface area contributed by atoms with Gasteiger partial charge in [0.15, 0.2) is 6.61 Å². The zero-order valence-electron chi connectivity index (χ0n) is 12.2. The van der Waals surface area contributed by atoms with Crippen molar-refractivity contribution < 1.29 is 23.1 Å². The van der Waals surface area contributed by atoms with Crippen LogP contribution in [0.5, 0.6) is 5.75 Å². The normalized spacial score (nSPS) is 10.8. The minimum absolute atomic E-state index is 0.120. The third-order valence-corrected chi connectivity index (χ3v) is 3.02. The fraction of sp³-hybridized carbons (Fsp3) is 0.133. The maximum Gasteiger partial charge on any atom is 0.387 e. The maximum atomic E-state index is 12.3. The molecule has 0 aliphatic heterocycles. The molecule has 0 radical (unpaired) electrons. The molecule has 9 heteroatoms. The lowest BCUT2D eigenvalue weighted by molar-refractivity contribution is -0.121. The molecule has 0 unspecified atom stereocenters. The van der Waals surface area contributed by atoms with Gasteiger partial charge in [0.05, 0.1) is 5.69 Å². The van der Waals surface area contributed by atoms with Crippen LogP contribution in [-0.4, -0.2) is 34.3 Å². The summed E-state index contributed by atoms with van der Waals surface area (Å²) in [5.74, 6) is -0.688. The summed E-state index contributed by atoms with van der Waals surface area (Å²) >= 11 is 0. The first-order valence-electron chi connectivity index (χ1n) is 6.91. The molecule has 0 aliphatic rings. The molecule has 24 heavy (non-hydrogen) atoms. The summed E-state index contributed by atoms with van der Waals surface area (Å²) in [5, 5.41) is 10.1. The summed E-state index contributed by atoms with van der Waals surface area (Å²) in [7, 11) is 0. The summed E-state index contributed by atoms with van der Waals surface area (Å²) in [5.41, 5.74) is 1.34. The molecular weight excluding hydrogens is 322 g/mol. The van der Waals surface area contributed by atoms with Crippen LogP contribution in [0.2, 0.25) is 0 Å². The van der Waals surface area contributed by atoms with E-state index in [1.807, 2.05) is 0 Å². The Morgan fingerprint density at radius 1 is 1.17 bits per heavy atom. The first-order chi connectivity index (χ1) is 11.6. The van der Waals surface area contributed by atoms with Gasteiger partial charge in [-0.25, -0.2) is 0 Å². The summed E-state index contributed by atoms with van der Waals surface area (Å²) in [6, 6.07) is 12.9. The Bertz CT molecular complexity index is 853. The molecule has 0 atom stereocenters. The van der Waals surface area contributed by atoms with Gasteiger partial charge in [0, 0.05) is 0 Å². The summed E-state index contributed by atoms with van der Waals surface area (Å²) in [6.07, 6.45) is 0. The van der Waals surface area contributed by atoms with Gasteiger partial charge >= 0.3 is 6.61 Å². The van der Waals surface area contributed by atoms with Crippen LogP contribution in [0.4, 0.5) is 14.5 Å². The third kappa shape index (κ3) is 3.57. The van der Waals surface area contributed by atoms with E-state index in [9.17, 15) is 13.6 Å². The predicted octanol–water partition coefficient (Wildman–Crippen LogP) is 2.10. The minimum atomic E-state index is -2.99. The fourth-order valence-electron chi connectivity index (χ4n) is 2.02. The predicted molar refractivity (Wildman–Crippen MR) is 80.7 cm³/mol. The van der Waals surface area contributed by atoms with Crippen molar-refractivity contribution in [1.82, 2.24) is 15.2 Å². The highest BCUT2D eigenvalue weighted by atomic mass is 19.3. The number of nitrogens with one attached hydrogen (secondary N) is 1. The van der Waals surface area contributed by atoms with Crippen molar-refractivity contribution in [1.29, 1.82) is 0 Å². The number of aromatic nitrogens is 3. The Balaban J connectivity index is 1.64. The molecule has 3 rings (SSSR count). The van der Waals surface area contributed by atoms with Crippen LogP contribution in [0, 0.1) is 0 Å². The molecule has 0 saturated carbocycles. The Kier molecular flexibility index (Phi) is 4.50. The smallest absolute Gasteiger partial charge is 0.387 e. The van der Waals surface area contributed by atoms with Gasteiger partial charge in [0.25, 0.3) is 5.91 Å². The first-order valence-corrected chi connectivity index (χ1v) is 6.91. The number of halogens is 2. The molecule has 3 aromatic rings. The van der Waals surface area contributed by atoms with Crippen molar-refractivity contribution in [3.63, 3.8) is 0 Å². The van der Waals surface area contributed by atoms with Gasteiger partial charge in [-0.05, 0) is 29.5 Å². The Morgan fingerprint density at radius 3 is 2.75 bits per heavy atom. The van der Waals surface area contributed by atoms with Crippen molar-refractivity contribution in [2.45, 2.75) is 6.61 Å². The SMILES string of the molecule is O=C(COn1nnc2ccccc21)Nc1ccccc1OC(F)F. The third-order valence-electron chi connectivity index (χ3n) is 3.02. The molecule has 1 N–H and O–H groups in total. The number of carbonyl (C=O) groups is 1. The van der Waals surface area contributed by atoms with Gasteiger partial charge in [-0.3, -0.25) is 4.79 Å². The van der Waals surface area contributed by atoms with Gasteiger partial charge in [0.1, 0.15) is 16.8 Å². The number of anilines is 1. The number of nitrogens with zero attached hydrogens (tertiary/aromatic N) is 3. The number of alkyl halides is 2. The number of rotatable bonds is 6. The summed E-state index contributed by atoms with van der Waals surface area (Å²) in [4.78, 5) is 18.3. The van der Waals surface area contributed by atoms with Gasteiger partial charge in [-0.2, -0.15) is 8.78 Å². The van der Waals surface area contributed by atoms with E-state index in [1.165, 1.54) is 18.2 Å². The average molecular weight is 334 g/mol. The van der Waals surface area contributed by atoms with E-state index in [1.54, 1.807) is 30.3 Å². The molecule has 1 heterocycles. The number of fused-ring (bicyclic) bond motifs is 1. The molecule has 0 saturated heterocycles. The molecule has 0 fully saturated rings. The molecule has 0 spiro atoms. The van der Waals surface area contributed by atoms with Crippen molar-refractivity contribution in [2.24, 2.45) is 0 Å². The molecule has 124 valence electrons. The number of hydrogen-bond acceptors (Lipinski definition) is 5. The van der Waals surface area contributed by atoms with Crippen molar-refractivity contribution in [3.8, 4) is 5.75 Å². The highest BCUT2D eigenvalue weighted by Crippen LogP contribution is 2.25. The maximum absolute atomic E-state index is 12.3. The molecule has 1 aromatic heterocycles. The van der Waals surface area contributed by atoms with E-state index in [0.29, 0.717) is 11.0 Å². The molecule has 7 nitrogen and oxygen atoms in total. The zero-order valence-corrected chi connectivity index (χ0v) is 12.2. The largest absolute Gasteiger partial charge is 0.433 e. The standard InChI is InChI=1S/C15H12F2N4O3/c16-15(17)24-13-8-4-2-6-11(13)18-14(22)9-23-21-12-7-3-1-5-10(12)19-20-21/h1-8,15H,9H2,(H,18,22). The second-order valence-electron chi connectivity index (χ2n) is 4.65. The van der Waals surface area contributed by atoms with Crippen LogP contribution in [-0.2, 0) is 4.79 Å². The fourth-order valence-corrected chi connectivity index (χ4v) is 2.02. The number of hydrogen-bond donors (Lipinski definition) is 1. The van der Waals surface area contributed by atoms with Gasteiger partial charge < -0.3 is 14.9 Å². The second-order valence-corrected chi connectivity index (χ2v) is 4.65. The highest BCUT2D eigenvalue weighted by Gasteiger charge is 2.13. The van der Waals surface area contributed by atoms with Crippen LogP contribution < -0.4 is 14.9 Å². The lowest BCUT2D eigenvalue weighted by Gasteiger charge is -2.11. The van der Waals surface area contributed by atoms with E-state index in [0.717, 1.165) is 4.85 Å². The van der Waals surface area contributed by atoms with Crippen LogP contribution in [0.1, 0.15) is 0 Å². The lowest BCUT2D eigenvalue weighted by Crippen LogP contribution is -2.26. The quantitative estimate of drug-likeness (QED) is 0.747. The minimum Gasteiger partial charge on any atom is -0.433 e. The van der Waals surface area contributed by atoms with Crippen molar-refractivity contribution >= 4 is 22.6 Å². The van der Waals surface area contributed by atoms with Crippen LogP contribution in [0.3, 0.4) is 0 Å². The molecule has 1 amide bonds. The average Bonchev–Trinajstić information content (AvgIpc) is 2.98. The van der Waals surface area contributed by atoms with E-state index < -0.39 is 12.5 Å². The van der Waals surface area contributed by atoms with Crippen molar-refractivity contribution in [3.05, 3.63) is 48.5 Å². The molecule has 0 aliphatic carbocycles. The number of benzene rings is 2. The summed E-state index contributed by atoms with van der Waals surface area (Å²) in [6.45, 7) is -3.36. The monoisotopic (exact) mass is 334 g/mol. The topological polar surface area (TPSA) is 78.3 Å². The first kappa shape index (κ1) is 15.7. The van der Waals surface area contributed by atoms with Crippen LogP contribution in [0.15, 0.2) is 48.5 Å². The Hall–Kier alpha value is -3.23. The number of amides is 1. The van der Waals surface area contributed by atoms with E-state index >= 15 is 0 Å². The Labute approximate surface area is 134 Å². The number of ether oxygens (including phenoxy) is 1. The number of para-hydroxylation sites is 3. The highest BCUT2D eigenvalue weighted by molar-refractivity contribution is 5.93. The Morgan fingerprint density at radius 2 is 1.92 bits per heavy atom. The molecular formula is C15H12F2N4O3. The summed E-state index contributed by atoms with van der Waals surface area (Å²) < 4.78 is 29.0. The van der Waals surface area contributed by atoms with E-state index in [4.69, 9.17) is 4.84 Å². The van der Waals surface area contributed by atoms with Gasteiger partial charge in [-0.1, -0.05) is 29.1 Å².